The Balaban J connectivity index is 1.59. The third kappa shape index (κ3) is 3.09. The van der Waals surface area contributed by atoms with E-state index in [9.17, 15) is 0 Å². The summed E-state index contributed by atoms with van der Waals surface area (Å²) in [4.78, 5) is 0. The molecular formula is C16H17N3O. The Labute approximate surface area is 118 Å². The number of furan rings is 1. The molecule has 0 atom stereocenters. The van der Waals surface area contributed by atoms with E-state index in [1.54, 1.807) is 0 Å². The van der Waals surface area contributed by atoms with Crippen molar-refractivity contribution in [2.45, 2.75) is 20.0 Å². The molecular weight excluding hydrogens is 250 g/mol. The minimum Gasteiger partial charge on any atom is -0.465 e. The van der Waals surface area contributed by atoms with Crippen molar-refractivity contribution in [3.63, 3.8) is 0 Å². The van der Waals surface area contributed by atoms with Crippen molar-refractivity contribution in [1.82, 2.24) is 9.78 Å². The molecule has 0 radical (unpaired) electrons. The number of anilines is 1. The Kier molecular flexibility index (Phi) is 3.54. The lowest BCUT2D eigenvalue weighted by Gasteiger charge is -2.02. The highest BCUT2D eigenvalue weighted by molar-refractivity contribution is 5.38. The van der Waals surface area contributed by atoms with Crippen molar-refractivity contribution in [3.8, 4) is 0 Å². The van der Waals surface area contributed by atoms with Crippen LogP contribution in [0.2, 0.25) is 0 Å². The molecule has 0 unspecified atom stereocenters. The van der Waals surface area contributed by atoms with Gasteiger partial charge in [-0.1, -0.05) is 30.3 Å². The molecule has 1 N–H and O–H groups in total. The molecule has 0 aliphatic heterocycles. The van der Waals surface area contributed by atoms with Crippen molar-refractivity contribution < 1.29 is 4.42 Å². The highest BCUT2D eigenvalue weighted by atomic mass is 16.3. The first kappa shape index (κ1) is 12.5. The van der Waals surface area contributed by atoms with Gasteiger partial charge in [0, 0.05) is 6.20 Å². The van der Waals surface area contributed by atoms with E-state index in [-0.39, 0.29) is 0 Å². The second kappa shape index (κ2) is 5.65. The van der Waals surface area contributed by atoms with Gasteiger partial charge >= 0.3 is 0 Å². The zero-order valence-electron chi connectivity index (χ0n) is 11.4. The Morgan fingerprint density at radius 3 is 2.75 bits per heavy atom. The van der Waals surface area contributed by atoms with Gasteiger partial charge in [0.2, 0.25) is 0 Å². The first-order chi connectivity index (χ1) is 9.79. The Bertz CT molecular complexity index is 670. The lowest BCUT2D eigenvalue weighted by atomic mass is 10.2. The van der Waals surface area contributed by atoms with Gasteiger partial charge in [0.15, 0.2) is 0 Å². The van der Waals surface area contributed by atoms with Crippen LogP contribution in [0.4, 0.5) is 5.69 Å². The molecule has 0 aliphatic rings. The largest absolute Gasteiger partial charge is 0.465 e. The molecule has 102 valence electrons. The quantitative estimate of drug-likeness (QED) is 0.770. The average molecular weight is 267 g/mol. The summed E-state index contributed by atoms with van der Waals surface area (Å²) >= 11 is 0. The van der Waals surface area contributed by atoms with Gasteiger partial charge in [0.1, 0.15) is 11.5 Å². The number of nitrogens with zero attached hydrogens (tertiary/aromatic N) is 2. The molecule has 1 aromatic carbocycles. The topological polar surface area (TPSA) is 43.0 Å². The third-order valence-electron chi connectivity index (χ3n) is 3.08. The SMILES string of the molecule is Cc1ccc(CNc2cnn(Cc3ccccc3)c2)o1. The Morgan fingerprint density at radius 1 is 1.15 bits per heavy atom. The zero-order valence-corrected chi connectivity index (χ0v) is 11.4. The molecule has 0 amide bonds. The first-order valence-electron chi connectivity index (χ1n) is 6.65. The molecule has 2 aromatic heterocycles. The second-order valence-corrected chi connectivity index (χ2v) is 4.78. The van der Waals surface area contributed by atoms with E-state index < -0.39 is 0 Å². The number of benzene rings is 1. The number of aromatic nitrogens is 2. The summed E-state index contributed by atoms with van der Waals surface area (Å²) in [5.41, 5.74) is 2.23. The highest BCUT2D eigenvalue weighted by Gasteiger charge is 2.01. The molecule has 3 rings (SSSR count). The summed E-state index contributed by atoms with van der Waals surface area (Å²) < 4.78 is 7.44. The van der Waals surface area contributed by atoms with Gasteiger partial charge in [-0.25, -0.2) is 0 Å². The van der Waals surface area contributed by atoms with Crippen LogP contribution in [0.25, 0.3) is 0 Å². The fraction of sp³-hybridized carbons (Fsp3) is 0.188. The molecule has 0 bridgehead atoms. The van der Waals surface area contributed by atoms with Crippen molar-refractivity contribution >= 4 is 5.69 Å². The van der Waals surface area contributed by atoms with E-state index in [0.29, 0.717) is 6.54 Å². The van der Waals surface area contributed by atoms with E-state index in [0.717, 1.165) is 23.8 Å². The van der Waals surface area contributed by atoms with Gasteiger partial charge in [-0.2, -0.15) is 5.10 Å². The average Bonchev–Trinajstić information content (AvgIpc) is 3.07. The van der Waals surface area contributed by atoms with Crippen molar-refractivity contribution in [1.29, 1.82) is 0 Å². The number of nitrogens with one attached hydrogen (secondary N) is 1. The molecule has 0 saturated heterocycles. The van der Waals surface area contributed by atoms with Gasteiger partial charge < -0.3 is 9.73 Å². The third-order valence-corrected chi connectivity index (χ3v) is 3.08. The van der Waals surface area contributed by atoms with Crippen molar-refractivity contribution in [2.24, 2.45) is 0 Å². The van der Waals surface area contributed by atoms with E-state index >= 15 is 0 Å². The van der Waals surface area contributed by atoms with Gasteiger partial charge in [-0.3, -0.25) is 4.68 Å². The van der Waals surface area contributed by atoms with Crippen LogP contribution in [0.5, 0.6) is 0 Å². The molecule has 0 aliphatic carbocycles. The predicted octanol–water partition coefficient (Wildman–Crippen LogP) is 3.44. The van der Waals surface area contributed by atoms with Gasteiger partial charge in [-0.05, 0) is 24.6 Å². The molecule has 0 spiro atoms. The maximum absolute atomic E-state index is 5.52. The van der Waals surface area contributed by atoms with Crippen LogP contribution >= 0.6 is 0 Å². The second-order valence-electron chi connectivity index (χ2n) is 4.78. The fourth-order valence-electron chi connectivity index (χ4n) is 2.08. The van der Waals surface area contributed by atoms with E-state index in [1.165, 1.54) is 5.56 Å². The minimum atomic E-state index is 0.671. The van der Waals surface area contributed by atoms with Crippen molar-refractivity contribution in [3.05, 3.63) is 71.9 Å². The molecule has 0 saturated carbocycles. The summed E-state index contributed by atoms with van der Waals surface area (Å²) in [5, 5.41) is 7.66. The normalized spacial score (nSPS) is 10.7. The molecule has 4 heteroatoms. The van der Waals surface area contributed by atoms with Crippen LogP contribution in [0.3, 0.4) is 0 Å². The van der Waals surface area contributed by atoms with Crippen LogP contribution in [-0.2, 0) is 13.1 Å². The summed E-state index contributed by atoms with van der Waals surface area (Å²) in [6, 6.07) is 14.2. The van der Waals surface area contributed by atoms with Crippen molar-refractivity contribution in [2.75, 3.05) is 5.32 Å². The zero-order chi connectivity index (χ0) is 13.8. The lowest BCUT2D eigenvalue weighted by Crippen LogP contribution is -2.00. The van der Waals surface area contributed by atoms with E-state index in [2.05, 4.69) is 22.5 Å². The summed E-state index contributed by atoms with van der Waals surface area (Å²) in [6.07, 6.45) is 3.83. The maximum atomic E-state index is 5.52. The number of rotatable bonds is 5. The summed E-state index contributed by atoms with van der Waals surface area (Å²) in [5.74, 6) is 1.86. The minimum absolute atomic E-state index is 0.671. The van der Waals surface area contributed by atoms with Crippen LogP contribution in [0, 0.1) is 6.92 Å². The number of hydrogen-bond acceptors (Lipinski definition) is 3. The molecule has 3 aromatic rings. The van der Waals surface area contributed by atoms with Gasteiger partial charge in [-0.15, -0.1) is 0 Å². The standard InChI is InChI=1S/C16H17N3O/c1-13-7-8-16(20-13)10-17-15-9-18-19(12-15)11-14-5-3-2-4-6-14/h2-9,12,17H,10-11H2,1H3. The highest BCUT2D eigenvalue weighted by Crippen LogP contribution is 2.11. The maximum Gasteiger partial charge on any atom is 0.123 e. The summed E-state index contributed by atoms with van der Waals surface area (Å²) in [7, 11) is 0. The Hall–Kier alpha value is -2.49. The Morgan fingerprint density at radius 2 is 2.00 bits per heavy atom. The summed E-state index contributed by atoms with van der Waals surface area (Å²) in [6.45, 7) is 3.40. The monoisotopic (exact) mass is 267 g/mol. The predicted molar refractivity (Wildman–Crippen MR) is 78.5 cm³/mol. The van der Waals surface area contributed by atoms with Crippen LogP contribution in [-0.4, -0.2) is 9.78 Å². The fourth-order valence-corrected chi connectivity index (χ4v) is 2.08. The molecule has 20 heavy (non-hydrogen) atoms. The molecule has 0 fully saturated rings. The number of hydrogen-bond donors (Lipinski definition) is 1. The van der Waals surface area contributed by atoms with E-state index in [1.807, 2.05) is 54.3 Å². The van der Waals surface area contributed by atoms with Crippen LogP contribution < -0.4 is 5.32 Å². The first-order valence-corrected chi connectivity index (χ1v) is 6.65. The van der Waals surface area contributed by atoms with Crippen LogP contribution in [0.15, 0.2) is 59.3 Å². The van der Waals surface area contributed by atoms with Gasteiger partial charge in [0.05, 0.1) is 25.0 Å². The molecule has 4 nitrogen and oxygen atoms in total. The smallest absolute Gasteiger partial charge is 0.123 e. The van der Waals surface area contributed by atoms with E-state index in [4.69, 9.17) is 4.42 Å². The van der Waals surface area contributed by atoms with Crippen LogP contribution in [0.1, 0.15) is 17.1 Å². The molecule has 2 heterocycles. The lowest BCUT2D eigenvalue weighted by molar-refractivity contribution is 0.490. The number of aryl methyl sites for hydroxylation is 1. The van der Waals surface area contributed by atoms with Gasteiger partial charge in [0.25, 0.3) is 0 Å².